The van der Waals surface area contributed by atoms with E-state index in [9.17, 15) is 4.79 Å². The molecule has 3 N–H and O–H groups in total. The smallest absolute Gasteiger partial charge is 0.223 e. The third-order valence-corrected chi connectivity index (χ3v) is 3.14. The van der Waals surface area contributed by atoms with E-state index in [0.29, 0.717) is 30.5 Å². The molecule has 0 aliphatic heterocycles. The van der Waals surface area contributed by atoms with Crippen molar-refractivity contribution in [3.63, 3.8) is 0 Å². The second-order valence-corrected chi connectivity index (χ2v) is 4.98. The molecule has 0 radical (unpaired) electrons. The Hall–Kier alpha value is -1.23. The summed E-state index contributed by atoms with van der Waals surface area (Å²) in [4.78, 5) is 11.4. The van der Waals surface area contributed by atoms with Crippen molar-refractivity contribution in [1.82, 2.24) is 5.32 Å². The summed E-state index contributed by atoms with van der Waals surface area (Å²) in [6, 6.07) is 5.76. The molecule has 1 saturated carbocycles. The molecular formula is C12H15BrN2O2. The Morgan fingerprint density at radius 1 is 1.53 bits per heavy atom. The first kappa shape index (κ1) is 12.2. The van der Waals surface area contributed by atoms with Gasteiger partial charge >= 0.3 is 0 Å². The lowest BCUT2D eigenvalue weighted by molar-refractivity contribution is -0.121. The van der Waals surface area contributed by atoms with Gasteiger partial charge in [-0.2, -0.15) is 0 Å². The van der Waals surface area contributed by atoms with E-state index in [1.807, 2.05) is 6.07 Å². The van der Waals surface area contributed by atoms with Crippen LogP contribution in [-0.2, 0) is 4.79 Å². The summed E-state index contributed by atoms with van der Waals surface area (Å²) in [6.45, 7) is 0.362. The molecule has 1 aromatic rings. The molecule has 1 fully saturated rings. The van der Waals surface area contributed by atoms with E-state index in [0.717, 1.165) is 17.3 Å². The summed E-state index contributed by atoms with van der Waals surface area (Å²) in [5, 5.41) is 2.91. The van der Waals surface area contributed by atoms with Crippen LogP contribution < -0.4 is 15.8 Å². The van der Waals surface area contributed by atoms with Crippen molar-refractivity contribution in [2.75, 3.05) is 12.3 Å². The summed E-state index contributed by atoms with van der Waals surface area (Å²) in [5.41, 5.74) is 6.30. The molecule has 5 heteroatoms. The van der Waals surface area contributed by atoms with E-state index < -0.39 is 0 Å². The van der Waals surface area contributed by atoms with Crippen LogP contribution in [0.15, 0.2) is 22.7 Å². The van der Waals surface area contributed by atoms with Crippen LogP contribution in [0.1, 0.15) is 19.3 Å². The minimum atomic E-state index is 0.0486. The summed E-state index contributed by atoms with van der Waals surface area (Å²) in [7, 11) is 0. The standard InChI is InChI=1S/C12H15BrN2O2/c13-10-4-1-8(14)7-11(10)17-6-5-12(16)15-9-2-3-9/h1,4,7,9H,2-3,5-6,14H2,(H,15,16). The number of benzene rings is 1. The summed E-state index contributed by atoms with van der Waals surface area (Å²) in [5.74, 6) is 0.719. The van der Waals surface area contributed by atoms with Crippen LogP contribution in [0.25, 0.3) is 0 Å². The number of hydrogen-bond acceptors (Lipinski definition) is 3. The number of ether oxygens (including phenoxy) is 1. The molecule has 0 saturated heterocycles. The number of anilines is 1. The molecule has 0 unspecified atom stereocenters. The second kappa shape index (κ2) is 5.40. The molecule has 17 heavy (non-hydrogen) atoms. The number of amides is 1. The zero-order valence-electron chi connectivity index (χ0n) is 9.41. The molecule has 2 rings (SSSR count). The van der Waals surface area contributed by atoms with Gasteiger partial charge in [0, 0.05) is 17.8 Å². The second-order valence-electron chi connectivity index (χ2n) is 4.13. The summed E-state index contributed by atoms with van der Waals surface area (Å²) >= 11 is 3.37. The van der Waals surface area contributed by atoms with E-state index in [1.165, 1.54) is 0 Å². The van der Waals surface area contributed by atoms with Crippen LogP contribution in [0.5, 0.6) is 5.75 Å². The van der Waals surface area contributed by atoms with E-state index in [4.69, 9.17) is 10.5 Å². The highest BCUT2D eigenvalue weighted by Crippen LogP contribution is 2.27. The first-order valence-electron chi connectivity index (χ1n) is 5.62. The number of carbonyl (C=O) groups is 1. The van der Waals surface area contributed by atoms with Gasteiger partial charge in [-0.15, -0.1) is 0 Å². The van der Waals surface area contributed by atoms with Crippen LogP contribution in [0.3, 0.4) is 0 Å². The van der Waals surface area contributed by atoms with Gasteiger partial charge in [-0.25, -0.2) is 0 Å². The number of rotatable bonds is 5. The monoisotopic (exact) mass is 298 g/mol. The average Bonchev–Trinajstić information content (AvgIpc) is 3.07. The fraction of sp³-hybridized carbons (Fsp3) is 0.417. The Morgan fingerprint density at radius 2 is 2.29 bits per heavy atom. The van der Waals surface area contributed by atoms with Gasteiger partial charge in [0.1, 0.15) is 5.75 Å². The van der Waals surface area contributed by atoms with Gasteiger partial charge in [0.25, 0.3) is 0 Å². The van der Waals surface area contributed by atoms with E-state index in [2.05, 4.69) is 21.2 Å². The SMILES string of the molecule is Nc1ccc(Br)c(OCCC(=O)NC2CC2)c1. The number of carbonyl (C=O) groups excluding carboxylic acids is 1. The number of halogens is 1. The van der Waals surface area contributed by atoms with Crippen molar-refractivity contribution in [1.29, 1.82) is 0 Å². The minimum absolute atomic E-state index is 0.0486. The fourth-order valence-corrected chi connectivity index (χ4v) is 1.77. The molecule has 1 aromatic carbocycles. The van der Waals surface area contributed by atoms with Crippen molar-refractivity contribution in [2.24, 2.45) is 0 Å². The first-order valence-corrected chi connectivity index (χ1v) is 6.41. The topological polar surface area (TPSA) is 64.3 Å². The highest BCUT2D eigenvalue weighted by Gasteiger charge is 2.22. The third kappa shape index (κ3) is 3.93. The molecule has 1 aliphatic rings. The highest BCUT2D eigenvalue weighted by molar-refractivity contribution is 9.10. The van der Waals surface area contributed by atoms with Crippen LogP contribution in [-0.4, -0.2) is 18.6 Å². The van der Waals surface area contributed by atoms with Gasteiger partial charge in [-0.1, -0.05) is 0 Å². The average molecular weight is 299 g/mol. The normalized spacial score (nSPS) is 14.4. The van der Waals surface area contributed by atoms with Gasteiger partial charge in [-0.3, -0.25) is 4.79 Å². The third-order valence-electron chi connectivity index (χ3n) is 2.48. The zero-order chi connectivity index (χ0) is 12.3. The van der Waals surface area contributed by atoms with Crippen molar-refractivity contribution < 1.29 is 9.53 Å². The van der Waals surface area contributed by atoms with Gasteiger partial charge in [0.2, 0.25) is 5.91 Å². The van der Waals surface area contributed by atoms with Crippen molar-refractivity contribution >= 4 is 27.5 Å². The molecule has 0 spiro atoms. The van der Waals surface area contributed by atoms with E-state index >= 15 is 0 Å². The Bertz CT molecular complexity index is 419. The molecule has 1 amide bonds. The van der Waals surface area contributed by atoms with Crippen LogP contribution >= 0.6 is 15.9 Å². The molecular weight excluding hydrogens is 284 g/mol. The Balaban J connectivity index is 1.76. The van der Waals surface area contributed by atoms with Crippen LogP contribution in [0, 0.1) is 0 Å². The maximum atomic E-state index is 11.4. The largest absolute Gasteiger partial charge is 0.492 e. The van der Waals surface area contributed by atoms with E-state index in [1.54, 1.807) is 12.1 Å². The molecule has 0 heterocycles. The first-order chi connectivity index (χ1) is 8.15. The number of nitrogen functional groups attached to an aromatic ring is 1. The molecule has 1 aliphatic carbocycles. The Morgan fingerprint density at radius 3 is 3.00 bits per heavy atom. The van der Waals surface area contributed by atoms with Gasteiger partial charge in [0.05, 0.1) is 17.5 Å². The summed E-state index contributed by atoms with van der Waals surface area (Å²) < 4.78 is 6.34. The number of nitrogens with two attached hydrogens (primary N) is 1. The quantitative estimate of drug-likeness (QED) is 0.818. The van der Waals surface area contributed by atoms with Gasteiger partial charge in [-0.05, 0) is 40.9 Å². The number of nitrogens with one attached hydrogen (secondary N) is 1. The maximum Gasteiger partial charge on any atom is 0.223 e. The van der Waals surface area contributed by atoms with Gasteiger partial charge < -0.3 is 15.8 Å². The molecule has 0 aromatic heterocycles. The minimum Gasteiger partial charge on any atom is -0.492 e. The summed E-state index contributed by atoms with van der Waals surface area (Å²) in [6.07, 6.45) is 2.58. The fourth-order valence-electron chi connectivity index (χ4n) is 1.41. The Labute approximate surface area is 109 Å². The molecule has 92 valence electrons. The number of hydrogen-bond donors (Lipinski definition) is 2. The maximum absolute atomic E-state index is 11.4. The van der Waals surface area contributed by atoms with Crippen LogP contribution in [0.4, 0.5) is 5.69 Å². The molecule has 4 nitrogen and oxygen atoms in total. The lowest BCUT2D eigenvalue weighted by Crippen LogP contribution is -2.26. The lowest BCUT2D eigenvalue weighted by Gasteiger charge is -2.09. The molecule has 0 atom stereocenters. The predicted molar refractivity (Wildman–Crippen MR) is 69.8 cm³/mol. The lowest BCUT2D eigenvalue weighted by atomic mass is 10.3. The van der Waals surface area contributed by atoms with Crippen LogP contribution in [0.2, 0.25) is 0 Å². The van der Waals surface area contributed by atoms with Crippen molar-refractivity contribution in [3.05, 3.63) is 22.7 Å². The molecule has 0 bridgehead atoms. The zero-order valence-corrected chi connectivity index (χ0v) is 11.0. The van der Waals surface area contributed by atoms with Crippen molar-refractivity contribution in [2.45, 2.75) is 25.3 Å². The van der Waals surface area contributed by atoms with Gasteiger partial charge in [0.15, 0.2) is 0 Å². The highest BCUT2D eigenvalue weighted by atomic mass is 79.9. The Kier molecular flexibility index (Phi) is 3.89. The predicted octanol–water partition coefficient (Wildman–Crippen LogP) is 2.08. The van der Waals surface area contributed by atoms with Crippen molar-refractivity contribution in [3.8, 4) is 5.75 Å². The van der Waals surface area contributed by atoms with E-state index in [-0.39, 0.29) is 5.91 Å².